The maximum Gasteiger partial charge on any atom is 0.321 e. The molecule has 1 N–H and O–H groups in total. The molecule has 3 amide bonds. The van der Waals surface area contributed by atoms with Crippen LogP contribution in [0.2, 0.25) is 0 Å². The molecule has 3 aromatic rings. The Hall–Kier alpha value is -4.20. The van der Waals surface area contributed by atoms with Gasteiger partial charge in [0.15, 0.2) is 5.78 Å². The molecule has 0 aromatic heterocycles. The minimum Gasteiger partial charge on any atom is -0.366 e. The molecular formula is C28H27FN4O3. The smallest absolute Gasteiger partial charge is 0.321 e. The monoisotopic (exact) mass is 486 g/mol. The first-order valence-corrected chi connectivity index (χ1v) is 12.0. The quantitative estimate of drug-likeness (QED) is 0.548. The molecule has 1 saturated heterocycles. The first-order chi connectivity index (χ1) is 17.4. The highest BCUT2D eigenvalue weighted by Gasteiger charge is 2.26. The van der Waals surface area contributed by atoms with Crippen LogP contribution in [0.4, 0.5) is 26.2 Å². The fraction of sp³-hybridized carbons (Fsp3) is 0.250. The van der Waals surface area contributed by atoms with Gasteiger partial charge in [0.05, 0.1) is 5.69 Å². The number of ketones is 1. The molecule has 3 aromatic carbocycles. The van der Waals surface area contributed by atoms with Crippen LogP contribution in [0.3, 0.4) is 0 Å². The van der Waals surface area contributed by atoms with E-state index in [9.17, 15) is 18.8 Å². The van der Waals surface area contributed by atoms with Gasteiger partial charge in [0, 0.05) is 55.2 Å². The molecule has 2 heterocycles. The number of benzene rings is 3. The standard InChI is InChI=1S/C28H27FN4O3/c1-19(34)21-9-10-26(24(29)18-21)31-13-15-32(16-14-31)28(36)30-23-7-4-6-22(17-23)27(35)33-12-11-20-5-2-3-8-25(20)33/h2-10,17-18H,11-16H2,1H3,(H,30,36). The highest BCUT2D eigenvalue weighted by molar-refractivity contribution is 6.08. The summed E-state index contributed by atoms with van der Waals surface area (Å²) in [7, 11) is 0. The van der Waals surface area contributed by atoms with E-state index < -0.39 is 5.82 Å². The fourth-order valence-electron chi connectivity index (χ4n) is 4.77. The number of rotatable bonds is 4. The Morgan fingerprint density at radius 1 is 0.806 bits per heavy atom. The summed E-state index contributed by atoms with van der Waals surface area (Å²) in [5.41, 5.74) is 3.91. The van der Waals surface area contributed by atoms with Crippen molar-refractivity contribution in [2.45, 2.75) is 13.3 Å². The normalized spacial score (nSPS) is 15.0. The Labute approximate surface area is 209 Å². The first-order valence-electron chi connectivity index (χ1n) is 12.0. The SMILES string of the molecule is CC(=O)c1ccc(N2CCN(C(=O)Nc3cccc(C(=O)N4CCc5ccccc54)c3)CC2)c(F)c1. The number of amides is 3. The third kappa shape index (κ3) is 4.66. The summed E-state index contributed by atoms with van der Waals surface area (Å²) in [6.07, 6.45) is 0.828. The number of Topliss-reactive ketones (excluding diaryl/α,β-unsaturated/α-hetero) is 1. The van der Waals surface area contributed by atoms with Gasteiger partial charge in [-0.3, -0.25) is 9.59 Å². The average molecular weight is 487 g/mol. The van der Waals surface area contributed by atoms with Crippen LogP contribution in [0.25, 0.3) is 0 Å². The van der Waals surface area contributed by atoms with E-state index in [4.69, 9.17) is 0 Å². The van der Waals surface area contributed by atoms with Gasteiger partial charge in [-0.15, -0.1) is 0 Å². The number of carbonyl (C=O) groups is 3. The van der Waals surface area contributed by atoms with Gasteiger partial charge in [-0.1, -0.05) is 24.3 Å². The molecule has 0 aliphatic carbocycles. The molecule has 0 atom stereocenters. The number of carbonyl (C=O) groups excluding carboxylic acids is 3. The van der Waals surface area contributed by atoms with Gasteiger partial charge in [0.1, 0.15) is 5.82 Å². The van der Waals surface area contributed by atoms with Crippen molar-refractivity contribution in [2.24, 2.45) is 0 Å². The number of para-hydroxylation sites is 1. The lowest BCUT2D eigenvalue weighted by atomic mass is 10.1. The largest absolute Gasteiger partial charge is 0.366 e. The van der Waals surface area contributed by atoms with Crippen LogP contribution in [0.15, 0.2) is 66.7 Å². The van der Waals surface area contributed by atoms with Gasteiger partial charge < -0.3 is 20.0 Å². The van der Waals surface area contributed by atoms with Gasteiger partial charge in [0.25, 0.3) is 5.91 Å². The summed E-state index contributed by atoms with van der Waals surface area (Å²) < 4.78 is 14.5. The van der Waals surface area contributed by atoms with E-state index in [-0.39, 0.29) is 17.7 Å². The highest BCUT2D eigenvalue weighted by atomic mass is 19.1. The summed E-state index contributed by atoms with van der Waals surface area (Å²) in [5.74, 6) is -0.719. The number of hydrogen-bond donors (Lipinski definition) is 1. The van der Waals surface area contributed by atoms with Crippen LogP contribution in [0.1, 0.15) is 33.2 Å². The van der Waals surface area contributed by atoms with E-state index in [0.717, 1.165) is 17.7 Å². The van der Waals surface area contributed by atoms with E-state index >= 15 is 0 Å². The van der Waals surface area contributed by atoms with Crippen LogP contribution in [-0.4, -0.2) is 55.3 Å². The Bertz CT molecular complexity index is 1330. The molecule has 0 bridgehead atoms. The number of nitrogens with one attached hydrogen (secondary N) is 1. The van der Waals surface area contributed by atoms with Gasteiger partial charge in [0.2, 0.25) is 0 Å². The van der Waals surface area contributed by atoms with Crippen molar-refractivity contribution in [3.8, 4) is 0 Å². The molecular weight excluding hydrogens is 459 g/mol. The number of urea groups is 1. The molecule has 2 aliphatic rings. The third-order valence-corrected chi connectivity index (χ3v) is 6.75. The van der Waals surface area contributed by atoms with E-state index in [1.54, 1.807) is 46.2 Å². The zero-order chi connectivity index (χ0) is 25.2. The predicted molar refractivity (Wildman–Crippen MR) is 137 cm³/mol. The molecule has 7 nitrogen and oxygen atoms in total. The number of halogens is 1. The van der Waals surface area contributed by atoms with Crippen LogP contribution < -0.4 is 15.1 Å². The lowest BCUT2D eigenvalue weighted by Gasteiger charge is -2.36. The van der Waals surface area contributed by atoms with Crippen molar-refractivity contribution in [2.75, 3.05) is 47.8 Å². The average Bonchev–Trinajstić information content (AvgIpc) is 3.32. The van der Waals surface area contributed by atoms with Crippen LogP contribution in [-0.2, 0) is 6.42 Å². The minimum atomic E-state index is -0.442. The van der Waals surface area contributed by atoms with Crippen molar-refractivity contribution >= 4 is 34.8 Å². The number of hydrogen-bond acceptors (Lipinski definition) is 4. The second-order valence-electron chi connectivity index (χ2n) is 9.04. The molecule has 184 valence electrons. The second-order valence-corrected chi connectivity index (χ2v) is 9.04. The van der Waals surface area contributed by atoms with Crippen LogP contribution in [0.5, 0.6) is 0 Å². The van der Waals surface area contributed by atoms with E-state index in [1.807, 2.05) is 29.2 Å². The summed E-state index contributed by atoms with van der Waals surface area (Å²) in [4.78, 5) is 42.8. The van der Waals surface area contributed by atoms with E-state index in [2.05, 4.69) is 5.32 Å². The minimum absolute atomic E-state index is 0.0949. The molecule has 0 spiro atoms. The van der Waals surface area contributed by atoms with Gasteiger partial charge in [-0.25, -0.2) is 9.18 Å². The molecule has 2 aliphatic heterocycles. The van der Waals surface area contributed by atoms with Crippen LogP contribution in [0, 0.1) is 5.82 Å². The van der Waals surface area contributed by atoms with E-state index in [1.165, 1.54) is 13.0 Å². The Balaban J connectivity index is 1.20. The Morgan fingerprint density at radius 2 is 1.58 bits per heavy atom. The topological polar surface area (TPSA) is 73.0 Å². The van der Waals surface area contributed by atoms with Gasteiger partial charge >= 0.3 is 6.03 Å². The molecule has 1 fully saturated rings. The number of nitrogens with zero attached hydrogens (tertiary/aromatic N) is 3. The van der Waals surface area contributed by atoms with Crippen molar-refractivity contribution in [1.29, 1.82) is 0 Å². The zero-order valence-electron chi connectivity index (χ0n) is 20.0. The highest BCUT2D eigenvalue weighted by Crippen LogP contribution is 2.29. The molecule has 36 heavy (non-hydrogen) atoms. The molecule has 5 rings (SSSR count). The second kappa shape index (κ2) is 9.81. The van der Waals surface area contributed by atoms with E-state index in [0.29, 0.717) is 55.2 Å². The Kier molecular flexibility index (Phi) is 6.41. The summed E-state index contributed by atoms with van der Waals surface area (Å²) >= 11 is 0. The van der Waals surface area contributed by atoms with Crippen LogP contribution >= 0.6 is 0 Å². The molecule has 0 radical (unpaired) electrons. The molecule has 8 heteroatoms. The lowest BCUT2D eigenvalue weighted by molar-refractivity contribution is 0.0987. The molecule has 0 saturated carbocycles. The van der Waals surface area contributed by atoms with Crippen molar-refractivity contribution in [3.05, 3.63) is 89.2 Å². The summed E-state index contributed by atoms with van der Waals surface area (Å²) in [6.45, 7) is 3.82. The third-order valence-electron chi connectivity index (χ3n) is 6.75. The van der Waals surface area contributed by atoms with Crippen molar-refractivity contribution in [3.63, 3.8) is 0 Å². The van der Waals surface area contributed by atoms with Gasteiger partial charge in [-0.05, 0) is 61.4 Å². The number of fused-ring (bicyclic) bond motifs is 1. The fourth-order valence-corrected chi connectivity index (χ4v) is 4.77. The summed E-state index contributed by atoms with van der Waals surface area (Å²) in [6, 6.07) is 19.1. The zero-order valence-corrected chi connectivity index (χ0v) is 20.0. The lowest BCUT2D eigenvalue weighted by Crippen LogP contribution is -2.50. The van der Waals surface area contributed by atoms with Gasteiger partial charge in [-0.2, -0.15) is 0 Å². The molecule has 0 unspecified atom stereocenters. The Morgan fingerprint density at radius 3 is 2.33 bits per heavy atom. The summed E-state index contributed by atoms with van der Waals surface area (Å²) in [5, 5.41) is 2.89. The maximum atomic E-state index is 14.5. The number of anilines is 3. The van der Waals surface area contributed by atoms with Crippen molar-refractivity contribution < 1.29 is 18.8 Å². The maximum absolute atomic E-state index is 14.5. The van der Waals surface area contributed by atoms with Crippen molar-refractivity contribution in [1.82, 2.24) is 4.90 Å². The predicted octanol–water partition coefficient (Wildman–Crippen LogP) is 4.59. The first kappa shape index (κ1) is 23.5. The number of piperazine rings is 1.